The lowest BCUT2D eigenvalue weighted by Gasteiger charge is -2.26. The Bertz CT molecular complexity index is 143. The van der Waals surface area contributed by atoms with Crippen molar-refractivity contribution in [2.75, 3.05) is 7.11 Å². The van der Waals surface area contributed by atoms with Gasteiger partial charge < -0.3 is 4.74 Å². The molecule has 1 unspecified atom stereocenters. The fourth-order valence-electron chi connectivity index (χ4n) is 1.25. The number of carbonyl (C=O) groups is 1. The Morgan fingerprint density at radius 1 is 1.73 bits per heavy atom. The highest BCUT2D eigenvalue weighted by Crippen LogP contribution is 2.32. The lowest BCUT2D eigenvalue weighted by atomic mass is 9.82. The molecular weight excluding hydrogens is 208 g/mol. The van der Waals surface area contributed by atoms with Crippen molar-refractivity contribution in [1.29, 1.82) is 0 Å². The van der Waals surface area contributed by atoms with Crippen LogP contribution >= 0.6 is 15.9 Å². The Morgan fingerprint density at radius 3 is 2.73 bits per heavy atom. The van der Waals surface area contributed by atoms with Gasteiger partial charge in [-0.1, -0.05) is 35.2 Å². The third-order valence-corrected chi connectivity index (χ3v) is 2.97. The number of hydrogen-bond donors (Lipinski definition) is 0. The van der Waals surface area contributed by atoms with Gasteiger partial charge in [-0.25, -0.2) is 0 Å². The SMILES string of the molecule is COC(=O)C(Br)CC1CCC1. The summed E-state index contributed by atoms with van der Waals surface area (Å²) in [6.07, 6.45) is 4.82. The first-order valence-corrected chi connectivity index (χ1v) is 4.87. The first-order valence-electron chi connectivity index (χ1n) is 3.96. The monoisotopic (exact) mass is 220 g/mol. The van der Waals surface area contributed by atoms with Crippen molar-refractivity contribution in [2.24, 2.45) is 5.92 Å². The zero-order valence-corrected chi connectivity index (χ0v) is 8.26. The zero-order chi connectivity index (χ0) is 8.27. The topological polar surface area (TPSA) is 26.3 Å². The molecule has 2 nitrogen and oxygen atoms in total. The molecule has 1 saturated carbocycles. The van der Waals surface area contributed by atoms with Crippen LogP contribution in [0.3, 0.4) is 0 Å². The van der Waals surface area contributed by atoms with Gasteiger partial charge in [-0.3, -0.25) is 4.79 Å². The first kappa shape index (κ1) is 9.04. The van der Waals surface area contributed by atoms with Crippen LogP contribution in [0.25, 0.3) is 0 Å². The summed E-state index contributed by atoms with van der Waals surface area (Å²) in [5.41, 5.74) is 0. The number of methoxy groups -OCH3 is 1. The second kappa shape index (κ2) is 4.10. The molecule has 0 bridgehead atoms. The predicted octanol–water partition coefficient (Wildman–Crippen LogP) is 2.11. The van der Waals surface area contributed by atoms with Crippen molar-refractivity contribution in [3.63, 3.8) is 0 Å². The van der Waals surface area contributed by atoms with Crippen molar-refractivity contribution in [1.82, 2.24) is 0 Å². The molecular formula is C8H13BrO2. The van der Waals surface area contributed by atoms with Crippen molar-refractivity contribution in [3.8, 4) is 0 Å². The molecule has 1 aliphatic carbocycles. The Morgan fingerprint density at radius 2 is 2.36 bits per heavy atom. The maximum absolute atomic E-state index is 10.9. The second-order valence-corrected chi connectivity index (χ2v) is 4.13. The average Bonchev–Trinajstić information content (AvgIpc) is 1.94. The minimum atomic E-state index is -0.142. The first-order chi connectivity index (χ1) is 5.24. The maximum Gasteiger partial charge on any atom is 0.319 e. The van der Waals surface area contributed by atoms with E-state index >= 15 is 0 Å². The normalized spacial score (nSPS) is 20.5. The van der Waals surface area contributed by atoms with Gasteiger partial charge in [0.1, 0.15) is 4.83 Å². The minimum absolute atomic E-state index is 0.0854. The van der Waals surface area contributed by atoms with Crippen molar-refractivity contribution >= 4 is 21.9 Å². The molecule has 0 aromatic carbocycles. The second-order valence-electron chi connectivity index (χ2n) is 3.02. The molecule has 0 aliphatic heterocycles. The molecule has 64 valence electrons. The van der Waals surface area contributed by atoms with E-state index in [2.05, 4.69) is 20.7 Å². The van der Waals surface area contributed by atoms with Crippen molar-refractivity contribution in [3.05, 3.63) is 0 Å². The number of halogens is 1. The fraction of sp³-hybridized carbons (Fsp3) is 0.875. The number of alkyl halides is 1. The molecule has 0 heterocycles. The van der Waals surface area contributed by atoms with E-state index in [0.29, 0.717) is 0 Å². The summed E-state index contributed by atoms with van der Waals surface area (Å²) in [5, 5.41) is 0. The van der Waals surface area contributed by atoms with Crippen molar-refractivity contribution < 1.29 is 9.53 Å². The minimum Gasteiger partial charge on any atom is -0.468 e. The van der Waals surface area contributed by atoms with Gasteiger partial charge >= 0.3 is 5.97 Å². The van der Waals surface area contributed by atoms with Gasteiger partial charge in [0.05, 0.1) is 7.11 Å². The van der Waals surface area contributed by atoms with E-state index in [1.54, 1.807) is 0 Å². The molecule has 0 N–H and O–H groups in total. The molecule has 1 atom stereocenters. The summed E-state index contributed by atoms with van der Waals surface area (Å²) < 4.78 is 4.60. The van der Waals surface area contributed by atoms with Gasteiger partial charge in [0.2, 0.25) is 0 Å². The summed E-state index contributed by atoms with van der Waals surface area (Å²) >= 11 is 3.30. The zero-order valence-electron chi connectivity index (χ0n) is 6.68. The van der Waals surface area contributed by atoms with E-state index < -0.39 is 0 Å². The molecule has 0 saturated heterocycles. The van der Waals surface area contributed by atoms with Crippen LogP contribution in [-0.4, -0.2) is 17.9 Å². The molecule has 11 heavy (non-hydrogen) atoms. The summed E-state index contributed by atoms with van der Waals surface area (Å²) in [6, 6.07) is 0. The lowest BCUT2D eigenvalue weighted by Crippen LogP contribution is -2.22. The highest BCUT2D eigenvalue weighted by molar-refractivity contribution is 9.10. The van der Waals surface area contributed by atoms with Crippen LogP contribution in [0.2, 0.25) is 0 Å². The molecule has 0 amide bonds. The van der Waals surface area contributed by atoms with Crippen LogP contribution < -0.4 is 0 Å². The summed E-state index contributed by atoms with van der Waals surface area (Å²) in [5.74, 6) is 0.607. The standard InChI is InChI=1S/C8H13BrO2/c1-11-8(10)7(9)5-6-3-2-4-6/h6-7H,2-5H2,1H3. The van der Waals surface area contributed by atoms with Gasteiger partial charge in [0.15, 0.2) is 0 Å². The van der Waals surface area contributed by atoms with E-state index in [-0.39, 0.29) is 10.8 Å². The molecule has 3 heteroatoms. The quantitative estimate of drug-likeness (QED) is 0.539. The van der Waals surface area contributed by atoms with Gasteiger partial charge in [-0.15, -0.1) is 0 Å². The maximum atomic E-state index is 10.9. The number of ether oxygens (including phenoxy) is 1. The lowest BCUT2D eigenvalue weighted by molar-refractivity contribution is -0.140. The Hall–Kier alpha value is -0.0500. The largest absolute Gasteiger partial charge is 0.468 e. The predicted molar refractivity (Wildman–Crippen MR) is 46.7 cm³/mol. The molecule has 0 aromatic heterocycles. The molecule has 1 fully saturated rings. The van der Waals surface area contributed by atoms with Crippen LogP contribution in [-0.2, 0) is 9.53 Å². The summed E-state index contributed by atoms with van der Waals surface area (Å²) in [4.78, 5) is 10.8. The van der Waals surface area contributed by atoms with E-state index in [0.717, 1.165) is 12.3 Å². The number of carbonyl (C=O) groups excluding carboxylic acids is 1. The number of hydrogen-bond acceptors (Lipinski definition) is 2. The molecule has 0 radical (unpaired) electrons. The highest BCUT2D eigenvalue weighted by Gasteiger charge is 2.24. The summed E-state index contributed by atoms with van der Waals surface area (Å²) in [7, 11) is 1.43. The number of rotatable bonds is 3. The third kappa shape index (κ3) is 2.47. The smallest absolute Gasteiger partial charge is 0.319 e. The molecule has 1 aliphatic rings. The third-order valence-electron chi connectivity index (χ3n) is 2.22. The van der Waals surface area contributed by atoms with Crippen molar-refractivity contribution in [2.45, 2.75) is 30.5 Å². The fourth-order valence-corrected chi connectivity index (χ4v) is 1.96. The van der Waals surface area contributed by atoms with E-state index in [9.17, 15) is 4.79 Å². The van der Waals surface area contributed by atoms with Crippen LogP contribution in [0.4, 0.5) is 0 Å². The average molecular weight is 221 g/mol. The van der Waals surface area contributed by atoms with Gasteiger partial charge in [-0.2, -0.15) is 0 Å². The summed E-state index contributed by atoms with van der Waals surface area (Å²) in [6.45, 7) is 0. The molecule has 0 aromatic rings. The van der Waals surface area contributed by atoms with E-state index in [1.165, 1.54) is 26.4 Å². The number of esters is 1. The molecule has 0 spiro atoms. The van der Waals surface area contributed by atoms with Crippen LogP contribution in [0, 0.1) is 5.92 Å². The molecule has 1 rings (SSSR count). The van der Waals surface area contributed by atoms with E-state index in [4.69, 9.17) is 0 Å². The Kier molecular flexibility index (Phi) is 3.37. The highest BCUT2D eigenvalue weighted by atomic mass is 79.9. The van der Waals surface area contributed by atoms with Crippen LogP contribution in [0.5, 0.6) is 0 Å². The van der Waals surface area contributed by atoms with E-state index in [1.807, 2.05) is 0 Å². The van der Waals surface area contributed by atoms with Gasteiger partial charge in [0, 0.05) is 0 Å². The Balaban J connectivity index is 2.18. The van der Waals surface area contributed by atoms with Crippen LogP contribution in [0.1, 0.15) is 25.7 Å². The Labute approximate surface area is 75.4 Å². The van der Waals surface area contributed by atoms with Crippen LogP contribution in [0.15, 0.2) is 0 Å². The van der Waals surface area contributed by atoms with Gasteiger partial charge in [0.25, 0.3) is 0 Å². The van der Waals surface area contributed by atoms with Gasteiger partial charge in [-0.05, 0) is 12.3 Å².